The second kappa shape index (κ2) is 7.05. The molecule has 4 aromatic rings. The molecule has 0 aliphatic carbocycles. The maximum Gasteiger partial charge on any atom is 0.227 e. The Balaban J connectivity index is 1.40. The lowest BCUT2D eigenvalue weighted by Crippen LogP contribution is -2.14. The Labute approximate surface area is 153 Å². The largest absolute Gasteiger partial charge is 0.347 e. The summed E-state index contributed by atoms with van der Waals surface area (Å²) in [6.45, 7) is 0.470. The highest BCUT2D eigenvalue weighted by Gasteiger charge is 2.10. The number of carbonyl (C=O) groups excluding carboxylic acids is 1. The molecule has 130 valence electrons. The Kier molecular flexibility index (Phi) is 4.45. The fourth-order valence-electron chi connectivity index (χ4n) is 2.72. The van der Waals surface area contributed by atoms with Gasteiger partial charge in [0.15, 0.2) is 5.13 Å². The molecule has 5 nitrogen and oxygen atoms in total. The van der Waals surface area contributed by atoms with E-state index in [-0.39, 0.29) is 18.1 Å². The lowest BCUT2D eigenvalue weighted by molar-refractivity contribution is -0.116. The van der Waals surface area contributed by atoms with Crippen molar-refractivity contribution in [1.82, 2.24) is 14.5 Å². The standard InChI is InChI=1S/C19H15FN4OS/c20-14-5-4-13-6-9-24(17(13)11-14)10-7-18(25)23-19-22-16(12-26-19)15-3-1-2-8-21-15/h1-6,8-9,11-12H,7,10H2,(H,22,23,25). The van der Waals surface area contributed by atoms with Crippen molar-refractivity contribution in [3.8, 4) is 11.4 Å². The van der Waals surface area contributed by atoms with E-state index in [1.165, 1.54) is 23.5 Å². The molecule has 1 amide bonds. The van der Waals surface area contributed by atoms with Crippen LogP contribution in [0.5, 0.6) is 0 Å². The van der Waals surface area contributed by atoms with Gasteiger partial charge in [0.25, 0.3) is 0 Å². The number of nitrogens with one attached hydrogen (secondary N) is 1. The van der Waals surface area contributed by atoms with Gasteiger partial charge in [-0.25, -0.2) is 9.37 Å². The third-order valence-electron chi connectivity index (χ3n) is 3.99. The van der Waals surface area contributed by atoms with Crippen molar-refractivity contribution in [1.29, 1.82) is 0 Å². The molecule has 0 spiro atoms. The topological polar surface area (TPSA) is 59.8 Å². The van der Waals surface area contributed by atoms with Gasteiger partial charge in [0.1, 0.15) is 11.5 Å². The second-order valence-electron chi connectivity index (χ2n) is 5.76. The second-order valence-corrected chi connectivity index (χ2v) is 6.62. The number of hydrogen-bond donors (Lipinski definition) is 1. The summed E-state index contributed by atoms with van der Waals surface area (Å²) in [7, 11) is 0. The first kappa shape index (κ1) is 16.4. The minimum absolute atomic E-state index is 0.134. The summed E-state index contributed by atoms with van der Waals surface area (Å²) in [4.78, 5) is 20.8. The van der Waals surface area contributed by atoms with Crippen LogP contribution in [0.3, 0.4) is 0 Å². The lowest BCUT2D eigenvalue weighted by Gasteiger charge is -2.05. The molecule has 0 bridgehead atoms. The van der Waals surface area contributed by atoms with Gasteiger partial charge in [-0.2, -0.15) is 0 Å². The Morgan fingerprint density at radius 1 is 1.19 bits per heavy atom. The van der Waals surface area contributed by atoms with Gasteiger partial charge in [0, 0.05) is 30.7 Å². The van der Waals surface area contributed by atoms with Crippen molar-refractivity contribution in [3.63, 3.8) is 0 Å². The van der Waals surface area contributed by atoms with Gasteiger partial charge in [-0.15, -0.1) is 11.3 Å². The number of benzene rings is 1. The van der Waals surface area contributed by atoms with Crippen LogP contribution < -0.4 is 5.32 Å². The van der Waals surface area contributed by atoms with Crippen LogP contribution in [0.1, 0.15) is 6.42 Å². The first-order chi connectivity index (χ1) is 12.7. The molecule has 0 unspecified atom stereocenters. The predicted octanol–water partition coefficient (Wildman–Crippen LogP) is 4.33. The molecule has 0 saturated heterocycles. The molecule has 0 saturated carbocycles. The van der Waals surface area contributed by atoms with E-state index in [9.17, 15) is 9.18 Å². The van der Waals surface area contributed by atoms with Gasteiger partial charge in [-0.3, -0.25) is 9.78 Å². The first-order valence-electron chi connectivity index (χ1n) is 8.10. The average Bonchev–Trinajstić information content (AvgIpc) is 3.27. The molecule has 0 fully saturated rings. The summed E-state index contributed by atoms with van der Waals surface area (Å²) in [6, 6.07) is 12.2. The average molecular weight is 366 g/mol. The van der Waals surface area contributed by atoms with Crippen molar-refractivity contribution in [2.24, 2.45) is 0 Å². The van der Waals surface area contributed by atoms with E-state index in [2.05, 4.69) is 15.3 Å². The fourth-order valence-corrected chi connectivity index (χ4v) is 3.44. The summed E-state index contributed by atoms with van der Waals surface area (Å²) in [5.41, 5.74) is 2.28. The van der Waals surface area contributed by atoms with Crippen molar-refractivity contribution in [2.75, 3.05) is 5.32 Å². The zero-order valence-electron chi connectivity index (χ0n) is 13.7. The number of rotatable bonds is 5. The summed E-state index contributed by atoms with van der Waals surface area (Å²) in [6.07, 6.45) is 3.84. The van der Waals surface area contributed by atoms with Crippen LogP contribution in [-0.2, 0) is 11.3 Å². The number of aryl methyl sites for hydroxylation is 1. The first-order valence-corrected chi connectivity index (χ1v) is 8.98. The molecule has 0 aliphatic heterocycles. The molecule has 1 aromatic carbocycles. The van der Waals surface area contributed by atoms with E-state index in [0.717, 1.165) is 22.3 Å². The molecule has 4 rings (SSSR count). The summed E-state index contributed by atoms with van der Waals surface area (Å²) < 4.78 is 15.3. The molecule has 3 heterocycles. The molecule has 0 radical (unpaired) electrons. The third-order valence-corrected chi connectivity index (χ3v) is 4.75. The minimum atomic E-state index is -0.285. The minimum Gasteiger partial charge on any atom is -0.347 e. The monoisotopic (exact) mass is 366 g/mol. The SMILES string of the molecule is O=C(CCn1ccc2ccc(F)cc21)Nc1nc(-c2ccccn2)cs1. The summed E-state index contributed by atoms with van der Waals surface area (Å²) >= 11 is 1.36. The van der Waals surface area contributed by atoms with Crippen LogP contribution in [0.25, 0.3) is 22.3 Å². The Hall–Kier alpha value is -3.06. The van der Waals surface area contributed by atoms with Crippen LogP contribution in [0.2, 0.25) is 0 Å². The van der Waals surface area contributed by atoms with E-state index < -0.39 is 0 Å². The van der Waals surface area contributed by atoms with Crippen LogP contribution in [0, 0.1) is 5.82 Å². The Bertz CT molecular complexity index is 1060. The normalized spacial score (nSPS) is 11.0. The maximum absolute atomic E-state index is 13.4. The highest BCUT2D eigenvalue weighted by atomic mass is 32.1. The zero-order chi connectivity index (χ0) is 17.9. The molecular formula is C19H15FN4OS. The third kappa shape index (κ3) is 3.48. The number of pyridine rings is 1. The van der Waals surface area contributed by atoms with Crippen LogP contribution >= 0.6 is 11.3 Å². The smallest absolute Gasteiger partial charge is 0.227 e. The maximum atomic E-state index is 13.4. The number of nitrogens with zero attached hydrogens (tertiary/aromatic N) is 3. The quantitative estimate of drug-likeness (QED) is 0.572. The van der Waals surface area contributed by atoms with Gasteiger partial charge in [0.2, 0.25) is 5.91 Å². The Morgan fingerprint density at radius 3 is 2.96 bits per heavy atom. The number of fused-ring (bicyclic) bond motifs is 1. The molecule has 3 aromatic heterocycles. The van der Waals surface area contributed by atoms with E-state index in [4.69, 9.17) is 0 Å². The zero-order valence-corrected chi connectivity index (χ0v) is 14.5. The van der Waals surface area contributed by atoms with Gasteiger partial charge in [0.05, 0.1) is 11.2 Å². The Morgan fingerprint density at radius 2 is 2.12 bits per heavy atom. The highest BCUT2D eigenvalue weighted by Crippen LogP contribution is 2.23. The predicted molar refractivity (Wildman–Crippen MR) is 100 cm³/mol. The van der Waals surface area contributed by atoms with Crippen molar-refractivity contribution < 1.29 is 9.18 Å². The molecule has 0 aliphatic rings. The molecule has 0 atom stereocenters. The lowest BCUT2D eigenvalue weighted by atomic mass is 10.2. The van der Waals surface area contributed by atoms with Gasteiger partial charge >= 0.3 is 0 Å². The number of hydrogen-bond acceptors (Lipinski definition) is 4. The van der Waals surface area contributed by atoms with E-state index in [1.807, 2.05) is 40.4 Å². The van der Waals surface area contributed by atoms with Crippen molar-refractivity contribution >= 4 is 33.3 Å². The van der Waals surface area contributed by atoms with Crippen LogP contribution in [0.4, 0.5) is 9.52 Å². The van der Waals surface area contributed by atoms with Crippen molar-refractivity contribution in [2.45, 2.75) is 13.0 Å². The molecular weight excluding hydrogens is 351 g/mol. The van der Waals surface area contributed by atoms with Crippen LogP contribution in [-0.4, -0.2) is 20.4 Å². The number of aromatic nitrogens is 3. The fraction of sp³-hybridized carbons (Fsp3) is 0.105. The number of halogens is 1. The summed E-state index contributed by atoms with van der Waals surface area (Å²) in [5.74, 6) is -0.420. The van der Waals surface area contributed by atoms with Gasteiger partial charge < -0.3 is 9.88 Å². The van der Waals surface area contributed by atoms with Gasteiger partial charge in [-0.05, 0) is 41.8 Å². The van der Waals surface area contributed by atoms with E-state index in [1.54, 1.807) is 12.3 Å². The van der Waals surface area contributed by atoms with Crippen molar-refractivity contribution in [3.05, 3.63) is 66.1 Å². The number of carbonyl (C=O) groups is 1. The number of amides is 1. The van der Waals surface area contributed by atoms with E-state index in [0.29, 0.717) is 11.7 Å². The van der Waals surface area contributed by atoms with Gasteiger partial charge in [-0.1, -0.05) is 6.07 Å². The molecule has 26 heavy (non-hydrogen) atoms. The van der Waals surface area contributed by atoms with Crippen LogP contribution in [0.15, 0.2) is 60.2 Å². The molecule has 7 heteroatoms. The highest BCUT2D eigenvalue weighted by molar-refractivity contribution is 7.14. The molecule has 1 N–H and O–H groups in total. The number of thiazole rings is 1. The van der Waals surface area contributed by atoms with E-state index >= 15 is 0 Å². The summed E-state index contributed by atoms with van der Waals surface area (Å²) in [5, 5.41) is 6.16. The number of anilines is 1.